The first-order chi connectivity index (χ1) is 7.77. The van der Waals surface area contributed by atoms with Gasteiger partial charge in [-0.1, -0.05) is 5.92 Å². The minimum Gasteiger partial charge on any atom is -0.477 e. The summed E-state index contributed by atoms with van der Waals surface area (Å²) in [5, 5.41) is 8.78. The third-order valence-electron chi connectivity index (χ3n) is 1.95. The molecular formula is C10H11NO4S2. The Bertz CT molecular complexity index is 580. The summed E-state index contributed by atoms with van der Waals surface area (Å²) in [6.45, 7) is 3.07. The van der Waals surface area contributed by atoms with Gasteiger partial charge in [-0.05, 0) is 19.9 Å². The number of hydrogen-bond acceptors (Lipinski definition) is 4. The van der Waals surface area contributed by atoms with Crippen LogP contribution in [0.5, 0.6) is 0 Å². The number of carboxylic acid groups (broad SMARTS) is 1. The molecule has 0 saturated heterocycles. The highest BCUT2D eigenvalue weighted by Gasteiger charge is 2.23. The van der Waals surface area contributed by atoms with Crippen LogP contribution in [0.1, 0.15) is 21.5 Å². The molecule has 1 aromatic heterocycles. The highest BCUT2D eigenvalue weighted by atomic mass is 32.2. The van der Waals surface area contributed by atoms with Crippen LogP contribution in [0.2, 0.25) is 0 Å². The molecule has 1 unspecified atom stereocenters. The van der Waals surface area contributed by atoms with Crippen molar-refractivity contribution in [1.82, 2.24) is 4.72 Å². The predicted octanol–water partition coefficient (Wildman–Crippen LogP) is 1.05. The zero-order valence-corrected chi connectivity index (χ0v) is 10.9. The van der Waals surface area contributed by atoms with Crippen molar-refractivity contribution in [2.24, 2.45) is 0 Å². The number of carbonyl (C=O) groups is 1. The van der Waals surface area contributed by atoms with E-state index in [1.54, 1.807) is 6.92 Å². The molecular weight excluding hydrogens is 262 g/mol. The Balaban J connectivity index is 3.17. The van der Waals surface area contributed by atoms with Gasteiger partial charge in [0, 0.05) is 4.88 Å². The van der Waals surface area contributed by atoms with Gasteiger partial charge >= 0.3 is 5.97 Å². The number of aryl methyl sites for hydroxylation is 1. The van der Waals surface area contributed by atoms with Crippen molar-refractivity contribution < 1.29 is 18.3 Å². The van der Waals surface area contributed by atoms with Gasteiger partial charge in [0.25, 0.3) is 0 Å². The standard InChI is InChI=1S/C10H11NO4S2/c1-4-6(2)11-17(14,15)9-5-8(10(12)13)16-7(9)3/h1,5-6,11H,2-3H3,(H,12,13). The Morgan fingerprint density at radius 1 is 1.65 bits per heavy atom. The molecule has 0 aliphatic carbocycles. The predicted molar refractivity (Wildman–Crippen MR) is 64.6 cm³/mol. The van der Waals surface area contributed by atoms with Crippen molar-refractivity contribution in [2.45, 2.75) is 24.8 Å². The van der Waals surface area contributed by atoms with E-state index in [0.29, 0.717) is 4.88 Å². The monoisotopic (exact) mass is 273 g/mol. The summed E-state index contributed by atoms with van der Waals surface area (Å²) in [6, 6.07) is 0.487. The molecule has 92 valence electrons. The van der Waals surface area contributed by atoms with Gasteiger partial charge in [0.2, 0.25) is 10.0 Å². The van der Waals surface area contributed by atoms with Gasteiger partial charge in [-0.3, -0.25) is 0 Å². The van der Waals surface area contributed by atoms with Gasteiger partial charge in [-0.2, -0.15) is 4.72 Å². The average molecular weight is 273 g/mol. The van der Waals surface area contributed by atoms with Crippen LogP contribution in [0, 0.1) is 19.3 Å². The molecule has 1 aromatic rings. The highest BCUT2D eigenvalue weighted by Crippen LogP contribution is 2.25. The molecule has 0 aliphatic rings. The molecule has 5 nitrogen and oxygen atoms in total. The van der Waals surface area contributed by atoms with Crippen LogP contribution in [-0.2, 0) is 10.0 Å². The molecule has 2 N–H and O–H groups in total. The van der Waals surface area contributed by atoms with Crippen LogP contribution >= 0.6 is 11.3 Å². The van der Waals surface area contributed by atoms with E-state index < -0.39 is 22.0 Å². The number of carboxylic acids is 1. The number of thiophene rings is 1. The van der Waals surface area contributed by atoms with Gasteiger partial charge < -0.3 is 5.11 Å². The molecule has 0 aromatic carbocycles. The Kier molecular flexibility index (Phi) is 3.93. The van der Waals surface area contributed by atoms with Crippen molar-refractivity contribution in [3.63, 3.8) is 0 Å². The van der Waals surface area contributed by atoms with Crippen molar-refractivity contribution in [2.75, 3.05) is 0 Å². The number of terminal acetylenes is 1. The fourth-order valence-corrected chi connectivity index (χ4v) is 3.76. The number of nitrogens with one attached hydrogen (secondary N) is 1. The third-order valence-corrected chi connectivity index (χ3v) is 4.79. The lowest BCUT2D eigenvalue weighted by Crippen LogP contribution is -2.31. The number of hydrogen-bond donors (Lipinski definition) is 2. The first kappa shape index (κ1) is 13.7. The zero-order chi connectivity index (χ0) is 13.2. The van der Waals surface area contributed by atoms with E-state index >= 15 is 0 Å². The molecule has 1 heterocycles. The molecule has 7 heteroatoms. The van der Waals surface area contributed by atoms with Crippen LogP contribution in [0.15, 0.2) is 11.0 Å². The summed E-state index contributed by atoms with van der Waals surface area (Å²) in [7, 11) is -3.76. The minimum absolute atomic E-state index is 0.0174. The molecule has 0 radical (unpaired) electrons. The van der Waals surface area contributed by atoms with Crippen LogP contribution in [-0.4, -0.2) is 25.5 Å². The second-order valence-corrected chi connectivity index (χ2v) is 6.28. The highest BCUT2D eigenvalue weighted by molar-refractivity contribution is 7.89. The molecule has 0 fully saturated rings. The summed E-state index contributed by atoms with van der Waals surface area (Å²) in [5.41, 5.74) is 0. The van der Waals surface area contributed by atoms with Crippen LogP contribution in [0.4, 0.5) is 0 Å². The summed E-state index contributed by atoms with van der Waals surface area (Å²) in [6.07, 6.45) is 5.08. The molecule has 0 saturated carbocycles. The van der Waals surface area contributed by atoms with Gasteiger partial charge in [-0.25, -0.2) is 13.2 Å². The Hall–Kier alpha value is -1.36. The Morgan fingerprint density at radius 3 is 2.65 bits per heavy atom. The number of sulfonamides is 1. The summed E-state index contributed by atoms with van der Waals surface area (Å²) < 4.78 is 26.0. The second-order valence-electron chi connectivity index (χ2n) is 3.35. The third kappa shape index (κ3) is 3.06. The van der Waals surface area contributed by atoms with E-state index in [1.165, 1.54) is 6.92 Å². The fourth-order valence-electron chi connectivity index (χ4n) is 1.17. The SMILES string of the molecule is C#CC(C)NS(=O)(=O)c1cc(C(=O)O)sc1C. The van der Waals surface area contributed by atoms with Gasteiger partial charge in [0.1, 0.15) is 4.88 Å². The number of rotatable bonds is 4. The summed E-state index contributed by atoms with van der Waals surface area (Å²) in [4.78, 5) is 11.1. The van der Waals surface area contributed by atoms with E-state index in [2.05, 4.69) is 10.6 Å². The van der Waals surface area contributed by atoms with Crippen molar-refractivity contribution >= 4 is 27.3 Å². The molecule has 0 spiro atoms. The lowest BCUT2D eigenvalue weighted by atomic mass is 10.4. The molecule has 17 heavy (non-hydrogen) atoms. The largest absolute Gasteiger partial charge is 0.477 e. The zero-order valence-electron chi connectivity index (χ0n) is 9.22. The van der Waals surface area contributed by atoms with Gasteiger partial charge in [0.05, 0.1) is 10.9 Å². The van der Waals surface area contributed by atoms with E-state index in [9.17, 15) is 13.2 Å². The molecule has 0 aliphatic heterocycles. The molecule has 0 bridgehead atoms. The first-order valence-electron chi connectivity index (χ1n) is 4.60. The topological polar surface area (TPSA) is 83.5 Å². The van der Waals surface area contributed by atoms with Crippen molar-refractivity contribution in [3.05, 3.63) is 15.8 Å². The van der Waals surface area contributed by atoms with Crippen molar-refractivity contribution in [1.29, 1.82) is 0 Å². The van der Waals surface area contributed by atoms with Crippen LogP contribution < -0.4 is 4.72 Å². The summed E-state index contributed by atoms with van der Waals surface area (Å²) in [5.74, 6) is 1.09. The van der Waals surface area contributed by atoms with E-state index in [-0.39, 0.29) is 9.77 Å². The molecule has 0 amide bonds. The van der Waals surface area contributed by atoms with Crippen molar-refractivity contribution in [3.8, 4) is 12.3 Å². The average Bonchev–Trinajstić information content (AvgIpc) is 2.60. The second kappa shape index (κ2) is 4.87. The fraction of sp³-hybridized carbons (Fsp3) is 0.300. The normalized spacial score (nSPS) is 13.0. The van der Waals surface area contributed by atoms with E-state index in [0.717, 1.165) is 17.4 Å². The lowest BCUT2D eigenvalue weighted by molar-refractivity contribution is 0.0702. The quantitative estimate of drug-likeness (QED) is 0.803. The molecule has 1 atom stereocenters. The summed E-state index contributed by atoms with van der Waals surface area (Å²) >= 11 is 0.914. The Labute approximate surface area is 104 Å². The maximum Gasteiger partial charge on any atom is 0.345 e. The number of aromatic carboxylic acids is 1. The Morgan fingerprint density at radius 2 is 2.24 bits per heavy atom. The van der Waals surface area contributed by atoms with E-state index in [4.69, 9.17) is 11.5 Å². The minimum atomic E-state index is -3.76. The van der Waals surface area contributed by atoms with E-state index in [1.807, 2.05) is 0 Å². The van der Waals surface area contributed by atoms with Gasteiger partial charge in [0.15, 0.2) is 0 Å². The smallest absolute Gasteiger partial charge is 0.345 e. The maximum absolute atomic E-state index is 11.9. The van der Waals surface area contributed by atoms with Gasteiger partial charge in [-0.15, -0.1) is 17.8 Å². The maximum atomic E-state index is 11.9. The van der Waals surface area contributed by atoms with Crippen LogP contribution in [0.25, 0.3) is 0 Å². The lowest BCUT2D eigenvalue weighted by Gasteiger charge is -2.07. The first-order valence-corrected chi connectivity index (χ1v) is 6.90. The van der Waals surface area contributed by atoms with Crippen LogP contribution in [0.3, 0.4) is 0 Å². The molecule has 1 rings (SSSR count).